The lowest BCUT2D eigenvalue weighted by Crippen LogP contribution is -2.23. The van der Waals surface area contributed by atoms with Crippen molar-refractivity contribution in [2.75, 3.05) is 0 Å². The Labute approximate surface area is 105 Å². The molecule has 0 aliphatic carbocycles. The number of benzene rings is 1. The van der Waals surface area contributed by atoms with Gasteiger partial charge in [0.15, 0.2) is 11.6 Å². The molecular formula is C13H13N3O2. The Hall–Kier alpha value is -2.43. The van der Waals surface area contributed by atoms with Gasteiger partial charge in [0.25, 0.3) is 0 Å². The van der Waals surface area contributed by atoms with Crippen LogP contribution in [0.4, 0.5) is 5.69 Å². The SMILES string of the molecule is N=CCC(=O)C(=N)C(=O)CC=Nc1ccccc1. The molecule has 0 unspecified atom stereocenters. The van der Waals surface area contributed by atoms with Crippen LogP contribution in [0.25, 0.3) is 0 Å². The summed E-state index contributed by atoms with van der Waals surface area (Å²) in [6, 6.07) is 9.07. The number of hydrogen-bond acceptors (Lipinski definition) is 5. The molecule has 0 aliphatic rings. The molecule has 18 heavy (non-hydrogen) atoms. The van der Waals surface area contributed by atoms with Crippen LogP contribution < -0.4 is 0 Å². The Kier molecular flexibility index (Phi) is 5.31. The molecule has 0 heterocycles. The summed E-state index contributed by atoms with van der Waals surface area (Å²) < 4.78 is 0. The largest absolute Gasteiger partial charge is 0.313 e. The number of nitrogens with zero attached hydrogens (tertiary/aromatic N) is 1. The van der Waals surface area contributed by atoms with Crippen LogP contribution >= 0.6 is 0 Å². The van der Waals surface area contributed by atoms with E-state index in [1.165, 1.54) is 6.21 Å². The quantitative estimate of drug-likeness (QED) is 0.565. The van der Waals surface area contributed by atoms with Crippen LogP contribution in [0.1, 0.15) is 12.8 Å². The fraction of sp³-hybridized carbons (Fsp3) is 0.154. The first-order chi connectivity index (χ1) is 8.65. The summed E-state index contributed by atoms with van der Waals surface area (Å²) in [7, 11) is 0. The van der Waals surface area contributed by atoms with Gasteiger partial charge in [-0.2, -0.15) is 0 Å². The number of hydrogen-bond donors (Lipinski definition) is 2. The van der Waals surface area contributed by atoms with E-state index >= 15 is 0 Å². The molecule has 1 aromatic rings. The average molecular weight is 243 g/mol. The summed E-state index contributed by atoms with van der Waals surface area (Å²) in [5.74, 6) is -1.22. The summed E-state index contributed by atoms with van der Waals surface area (Å²) in [4.78, 5) is 26.6. The first kappa shape index (κ1) is 13.6. The molecule has 1 aromatic carbocycles. The minimum absolute atomic E-state index is 0.0858. The number of rotatable bonds is 7. The van der Waals surface area contributed by atoms with Crippen molar-refractivity contribution in [1.29, 1.82) is 10.8 Å². The van der Waals surface area contributed by atoms with E-state index in [0.29, 0.717) is 5.69 Å². The van der Waals surface area contributed by atoms with Crippen molar-refractivity contribution < 1.29 is 9.59 Å². The van der Waals surface area contributed by atoms with Crippen LogP contribution in [0.5, 0.6) is 0 Å². The number of nitrogens with one attached hydrogen (secondary N) is 2. The van der Waals surface area contributed by atoms with Gasteiger partial charge in [0, 0.05) is 25.3 Å². The Morgan fingerprint density at radius 1 is 1.11 bits per heavy atom. The Morgan fingerprint density at radius 3 is 2.33 bits per heavy atom. The summed E-state index contributed by atoms with van der Waals surface area (Å²) in [6.45, 7) is 0. The van der Waals surface area contributed by atoms with Gasteiger partial charge < -0.3 is 5.41 Å². The normalized spacial score (nSPS) is 10.2. The third-order valence-corrected chi connectivity index (χ3v) is 2.12. The van der Waals surface area contributed by atoms with Gasteiger partial charge in [0.2, 0.25) is 0 Å². The maximum atomic E-state index is 11.4. The topological polar surface area (TPSA) is 94.2 Å². The second kappa shape index (κ2) is 7.01. The molecule has 0 spiro atoms. The van der Waals surface area contributed by atoms with E-state index in [1.54, 1.807) is 12.1 Å². The van der Waals surface area contributed by atoms with E-state index in [4.69, 9.17) is 10.8 Å². The molecule has 5 heteroatoms. The molecule has 0 fully saturated rings. The van der Waals surface area contributed by atoms with Crippen molar-refractivity contribution >= 4 is 35.4 Å². The molecule has 0 aromatic heterocycles. The van der Waals surface area contributed by atoms with Crippen LogP contribution in [0.2, 0.25) is 0 Å². The lowest BCUT2D eigenvalue weighted by Gasteiger charge is -1.97. The zero-order valence-electron chi connectivity index (χ0n) is 9.72. The lowest BCUT2D eigenvalue weighted by atomic mass is 10.1. The molecule has 92 valence electrons. The number of Topliss-reactive ketones (excluding diaryl/α,β-unsaturated/α-hetero) is 2. The predicted molar refractivity (Wildman–Crippen MR) is 70.4 cm³/mol. The summed E-state index contributed by atoms with van der Waals surface area (Å²) in [6.07, 6.45) is 1.96. The fourth-order valence-electron chi connectivity index (χ4n) is 1.20. The first-order valence-corrected chi connectivity index (χ1v) is 5.36. The highest BCUT2D eigenvalue weighted by molar-refractivity contribution is 6.66. The molecule has 0 saturated carbocycles. The number of carbonyl (C=O) groups is 2. The van der Waals surface area contributed by atoms with E-state index in [2.05, 4.69) is 4.99 Å². The Morgan fingerprint density at radius 2 is 1.72 bits per heavy atom. The summed E-state index contributed by atoms with van der Waals surface area (Å²) in [5.41, 5.74) is 0.140. The highest BCUT2D eigenvalue weighted by Gasteiger charge is 2.15. The van der Waals surface area contributed by atoms with E-state index in [9.17, 15) is 9.59 Å². The van der Waals surface area contributed by atoms with Gasteiger partial charge in [0.05, 0.1) is 5.69 Å². The zero-order valence-corrected chi connectivity index (χ0v) is 9.72. The van der Waals surface area contributed by atoms with Crippen LogP contribution in [-0.2, 0) is 9.59 Å². The van der Waals surface area contributed by atoms with Gasteiger partial charge in [-0.3, -0.25) is 20.0 Å². The molecular weight excluding hydrogens is 230 g/mol. The van der Waals surface area contributed by atoms with Gasteiger partial charge >= 0.3 is 0 Å². The van der Waals surface area contributed by atoms with E-state index in [0.717, 1.165) is 6.21 Å². The van der Waals surface area contributed by atoms with Crippen molar-refractivity contribution in [3.05, 3.63) is 30.3 Å². The predicted octanol–water partition coefficient (Wildman–Crippen LogP) is 1.98. The monoisotopic (exact) mass is 243 g/mol. The van der Waals surface area contributed by atoms with Crippen molar-refractivity contribution in [2.45, 2.75) is 12.8 Å². The highest BCUT2D eigenvalue weighted by atomic mass is 16.1. The molecule has 2 N–H and O–H groups in total. The second-order valence-electron chi connectivity index (χ2n) is 3.48. The smallest absolute Gasteiger partial charge is 0.189 e. The van der Waals surface area contributed by atoms with E-state index in [1.807, 2.05) is 18.2 Å². The van der Waals surface area contributed by atoms with Crippen molar-refractivity contribution in [2.24, 2.45) is 4.99 Å². The first-order valence-electron chi connectivity index (χ1n) is 5.36. The third-order valence-electron chi connectivity index (χ3n) is 2.12. The fourth-order valence-corrected chi connectivity index (χ4v) is 1.20. The number of carbonyl (C=O) groups excluding carboxylic acids is 2. The number of aliphatic imine (C=N–C) groups is 1. The summed E-state index contributed by atoms with van der Waals surface area (Å²) in [5, 5.41) is 14.1. The van der Waals surface area contributed by atoms with Gasteiger partial charge in [0.1, 0.15) is 5.71 Å². The minimum Gasteiger partial charge on any atom is -0.313 e. The van der Waals surface area contributed by atoms with Gasteiger partial charge in [-0.05, 0) is 12.1 Å². The molecule has 5 nitrogen and oxygen atoms in total. The molecule has 1 rings (SSSR count). The molecule has 0 saturated heterocycles. The summed E-state index contributed by atoms with van der Waals surface area (Å²) >= 11 is 0. The zero-order chi connectivity index (χ0) is 13.4. The van der Waals surface area contributed by atoms with Crippen molar-refractivity contribution in [1.82, 2.24) is 0 Å². The molecule has 0 aliphatic heterocycles. The van der Waals surface area contributed by atoms with Gasteiger partial charge in [-0.25, -0.2) is 0 Å². The maximum absolute atomic E-state index is 11.4. The van der Waals surface area contributed by atoms with Crippen molar-refractivity contribution in [3.63, 3.8) is 0 Å². The van der Waals surface area contributed by atoms with Crippen LogP contribution in [-0.4, -0.2) is 29.7 Å². The highest BCUT2D eigenvalue weighted by Crippen LogP contribution is 2.08. The van der Waals surface area contributed by atoms with E-state index < -0.39 is 17.3 Å². The Balaban J connectivity index is 2.51. The molecule has 0 atom stereocenters. The molecule has 0 bridgehead atoms. The lowest BCUT2D eigenvalue weighted by molar-refractivity contribution is -0.115. The molecule has 0 radical (unpaired) electrons. The van der Waals surface area contributed by atoms with Gasteiger partial charge in [-0.15, -0.1) is 0 Å². The third kappa shape index (κ3) is 4.21. The average Bonchev–Trinajstić information content (AvgIpc) is 2.39. The van der Waals surface area contributed by atoms with Crippen LogP contribution in [0.15, 0.2) is 35.3 Å². The molecule has 0 amide bonds. The van der Waals surface area contributed by atoms with Crippen molar-refractivity contribution in [3.8, 4) is 0 Å². The van der Waals surface area contributed by atoms with E-state index in [-0.39, 0.29) is 12.8 Å². The van der Waals surface area contributed by atoms with Crippen LogP contribution in [0, 0.1) is 10.8 Å². The minimum atomic E-state index is -0.636. The van der Waals surface area contributed by atoms with Crippen LogP contribution in [0.3, 0.4) is 0 Å². The second-order valence-corrected chi connectivity index (χ2v) is 3.48. The number of para-hydroxylation sites is 1. The van der Waals surface area contributed by atoms with Gasteiger partial charge in [-0.1, -0.05) is 18.2 Å². The maximum Gasteiger partial charge on any atom is 0.189 e. The Bertz CT molecular complexity index is 492. The number of ketones is 2. The standard InChI is InChI=1S/C13H13N3O2/c14-8-6-11(17)13(15)12(18)7-9-16-10-4-2-1-3-5-10/h1-5,8-9,14-15H,6-7H2.